The molecule has 9 nitrogen and oxygen atoms in total. The highest BCUT2D eigenvalue weighted by molar-refractivity contribution is 6.07. The molecule has 1 aromatic carbocycles. The third kappa shape index (κ3) is 4.46. The minimum atomic E-state index is -0.320. The first-order chi connectivity index (χ1) is 18.7. The molecule has 0 bridgehead atoms. The maximum atomic E-state index is 13.9. The Kier molecular flexibility index (Phi) is 6.37. The number of H-pyrrole nitrogens is 1. The molecule has 5 heterocycles. The van der Waals surface area contributed by atoms with Crippen molar-refractivity contribution in [3.63, 3.8) is 0 Å². The van der Waals surface area contributed by atoms with Gasteiger partial charge in [-0.25, -0.2) is 9.37 Å². The number of likely N-dealkylation sites (tertiary alicyclic amines) is 1. The van der Waals surface area contributed by atoms with Crippen LogP contribution >= 0.6 is 0 Å². The monoisotopic (exact) mass is 531 g/mol. The predicted molar refractivity (Wildman–Crippen MR) is 150 cm³/mol. The number of fused-ring (bicyclic) bond motifs is 3. The van der Waals surface area contributed by atoms with Crippen LogP contribution in [0.4, 0.5) is 10.2 Å². The number of aromatic nitrogens is 4. The van der Waals surface area contributed by atoms with Crippen LogP contribution in [0.25, 0.3) is 21.8 Å². The van der Waals surface area contributed by atoms with Crippen LogP contribution in [0.15, 0.2) is 35.3 Å². The number of halogens is 1. The molecule has 204 valence electrons. The molecule has 1 N–H and O–H groups in total. The molecule has 6 rings (SSSR count). The van der Waals surface area contributed by atoms with Gasteiger partial charge in [0.15, 0.2) is 0 Å². The number of aryl methyl sites for hydroxylation is 2. The summed E-state index contributed by atoms with van der Waals surface area (Å²) < 4.78 is 15.8. The average molecular weight is 532 g/mol. The minimum Gasteiger partial charge on any atom is -0.350 e. The van der Waals surface area contributed by atoms with Gasteiger partial charge in [-0.15, -0.1) is 0 Å². The number of hydrogen-bond acceptors (Lipinski definition) is 6. The van der Waals surface area contributed by atoms with Crippen molar-refractivity contribution in [3.8, 4) is 0 Å². The summed E-state index contributed by atoms with van der Waals surface area (Å²) in [7, 11) is 2.12. The van der Waals surface area contributed by atoms with Crippen LogP contribution in [0.2, 0.25) is 0 Å². The van der Waals surface area contributed by atoms with E-state index in [9.17, 15) is 14.0 Å². The summed E-state index contributed by atoms with van der Waals surface area (Å²) in [6, 6.07) is 7.21. The van der Waals surface area contributed by atoms with Gasteiger partial charge in [-0.2, -0.15) is 5.10 Å². The number of nitrogens with one attached hydrogen (secondary N) is 1. The molecule has 2 fully saturated rings. The van der Waals surface area contributed by atoms with Crippen molar-refractivity contribution in [1.82, 2.24) is 29.5 Å². The number of piperidine rings is 1. The highest BCUT2D eigenvalue weighted by Crippen LogP contribution is 2.31. The maximum Gasteiger partial charge on any atom is 0.259 e. The number of pyridine rings is 2. The first-order valence-corrected chi connectivity index (χ1v) is 13.6. The Hall–Kier alpha value is -3.79. The van der Waals surface area contributed by atoms with E-state index in [0.29, 0.717) is 41.8 Å². The van der Waals surface area contributed by atoms with Gasteiger partial charge in [-0.1, -0.05) is 0 Å². The summed E-state index contributed by atoms with van der Waals surface area (Å²) in [5.74, 6) is 0.373. The molecular formula is C29H34FN7O2. The zero-order chi connectivity index (χ0) is 27.4. The second kappa shape index (κ2) is 9.75. The highest BCUT2D eigenvalue weighted by atomic mass is 19.1. The molecule has 0 aliphatic carbocycles. The van der Waals surface area contributed by atoms with E-state index in [-0.39, 0.29) is 29.4 Å². The van der Waals surface area contributed by atoms with Crippen LogP contribution in [0.3, 0.4) is 0 Å². The summed E-state index contributed by atoms with van der Waals surface area (Å²) in [4.78, 5) is 40.5. The number of benzene rings is 1. The van der Waals surface area contributed by atoms with Gasteiger partial charge < -0.3 is 19.7 Å². The Labute approximate surface area is 226 Å². The van der Waals surface area contributed by atoms with Crippen LogP contribution in [-0.4, -0.2) is 81.3 Å². The van der Waals surface area contributed by atoms with Gasteiger partial charge in [0.1, 0.15) is 11.6 Å². The third-order valence-corrected chi connectivity index (χ3v) is 8.39. The summed E-state index contributed by atoms with van der Waals surface area (Å²) in [5, 5.41) is 6.04. The second-order valence-corrected chi connectivity index (χ2v) is 11.1. The molecule has 3 aromatic heterocycles. The number of piperazine rings is 1. The van der Waals surface area contributed by atoms with E-state index in [1.54, 1.807) is 19.2 Å². The largest absolute Gasteiger partial charge is 0.350 e. The fourth-order valence-electron chi connectivity index (χ4n) is 6.08. The van der Waals surface area contributed by atoms with Crippen molar-refractivity contribution in [3.05, 3.63) is 63.5 Å². The highest BCUT2D eigenvalue weighted by Gasteiger charge is 2.30. The van der Waals surface area contributed by atoms with E-state index in [1.807, 2.05) is 28.6 Å². The number of amides is 1. The normalized spacial score (nSPS) is 19.4. The molecule has 0 spiro atoms. The fraction of sp³-hybridized carbons (Fsp3) is 0.448. The molecule has 0 unspecified atom stereocenters. The number of carbonyl (C=O) groups excluding carboxylic acids is 1. The van der Waals surface area contributed by atoms with Crippen LogP contribution in [-0.2, 0) is 0 Å². The lowest BCUT2D eigenvalue weighted by Crippen LogP contribution is -2.54. The first-order valence-electron chi connectivity index (χ1n) is 13.6. The zero-order valence-electron chi connectivity index (χ0n) is 22.9. The molecular weight excluding hydrogens is 497 g/mol. The second-order valence-electron chi connectivity index (χ2n) is 11.1. The lowest BCUT2D eigenvalue weighted by Gasteiger charge is -2.40. The number of aromatic amines is 1. The molecule has 10 heteroatoms. The Morgan fingerprint density at radius 2 is 1.85 bits per heavy atom. The van der Waals surface area contributed by atoms with E-state index in [2.05, 4.69) is 38.8 Å². The Balaban J connectivity index is 1.33. The van der Waals surface area contributed by atoms with Gasteiger partial charge >= 0.3 is 0 Å². The van der Waals surface area contributed by atoms with Crippen molar-refractivity contribution in [2.75, 3.05) is 44.7 Å². The number of anilines is 1. The van der Waals surface area contributed by atoms with E-state index in [1.165, 1.54) is 6.07 Å². The van der Waals surface area contributed by atoms with Gasteiger partial charge in [0.2, 0.25) is 0 Å². The lowest BCUT2D eigenvalue weighted by molar-refractivity contribution is 0.0725. The number of hydrogen-bond donors (Lipinski definition) is 1. The molecule has 1 atom stereocenters. The third-order valence-electron chi connectivity index (χ3n) is 8.39. The van der Waals surface area contributed by atoms with Crippen LogP contribution in [0.5, 0.6) is 0 Å². The van der Waals surface area contributed by atoms with E-state index in [0.717, 1.165) is 48.2 Å². The summed E-state index contributed by atoms with van der Waals surface area (Å²) >= 11 is 0. The SMILES string of the molecule is Cc1cc2[nH]c(=O)c3cnn(C4CCN(C)CC4)c3c2cc1C(=O)N1CCN(c2ccc(F)c(C)n2)[C@@H](C)C1. The molecule has 39 heavy (non-hydrogen) atoms. The average Bonchev–Trinajstić information content (AvgIpc) is 3.36. The molecule has 0 radical (unpaired) electrons. The van der Waals surface area contributed by atoms with Crippen molar-refractivity contribution >= 4 is 33.5 Å². The van der Waals surface area contributed by atoms with Crippen molar-refractivity contribution in [1.29, 1.82) is 0 Å². The van der Waals surface area contributed by atoms with Gasteiger partial charge in [0.25, 0.3) is 11.5 Å². The topological polar surface area (TPSA) is 90.4 Å². The fourth-order valence-corrected chi connectivity index (χ4v) is 6.08. The van der Waals surface area contributed by atoms with E-state index in [4.69, 9.17) is 0 Å². The molecule has 2 aliphatic rings. The predicted octanol–water partition coefficient (Wildman–Crippen LogP) is 3.65. The first kappa shape index (κ1) is 25.5. The summed E-state index contributed by atoms with van der Waals surface area (Å²) in [6.45, 7) is 9.26. The maximum absolute atomic E-state index is 13.9. The van der Waals surface area contributed by atoms with E-state index >= 15 is 0 Å². The number of nitrogens with zero attached hydrogens (tertiary/aromatic N) is 6. The standard InChI is InChI=1S/C29H34FN7O2/c1-17-13-25-22(27-23(28(38)33-25)15-31-37(27)20-7-9-34(4)10-8-20)14-21(17)29(39)35-11-12-36(18(2)16-35)26-6-5-24(30)19(3)32-26/h5-6,13-15,18,20H,7-12,16H2,1-4H3,(H,33,38)/t18-/m0/s1. The molecule has 1 amide bonds. The zero-order valence-corrected chi connectivity index (χ0v) is 22.9. The van der Waals surface area contributed by atoms with Crippen molar-refractivity contribution in [2.24, 2.45) is 0 Å². The summed E-state index contributed by atoms with van der Waals surface area (Å²) in [6.07, 6.45) is 3.58. The lowest BCUT2D eigenvalue weighted by atomic mass is 10.0. The molecule has 4 aromatic rings. The quantitative estimate of drug-likeness (QED) is 0.434. The van der Waals surface area contributed by atoms with Crippen molar-refractivity contribution < 1.29 is 9.18 Å². The van der Waals surface area contributed by atoms with Crippen LogP contribution in [0.1, 0.15) is 47.4 Å². The van der Waals surface area contributed by atoms with Gasteiger partial charge in [0, 0.05) is 36.6 Å². The Morgan fingerprint density at radius 3 is 2.56 bits per heavy atom. The Bertz CT molecular complexity index is 1640. The van der Waals surface area contributed by atoms with Crippen LogP contribution in [0, 0.1) is 19.7 Å². The van der Waals surface area contributed by atoms with Gasteiger partial charge in [-0.05, 0) is 83.6 Å². The number of rotatable bonds is 3. The molecule has 2 saturated heterocycles. The molecule has 0 saturated carbocycles. The van der Waals surface area contributed by atoms with Crippen molar-refractivity contribution in [2.45, 2.75) is 45.7 Å². The Morgan fingerprint density at radius 1 is 1.08 bits per heavy atom. The minimum absolute atomic E-state index is 0.0229. The number of carbonyl (C=O) groups is 1. The van der Waals surface area contributed by atoms with E-state index < -0.39 is 0 Å². The van der Waals surface area contributed by atoms with Crippen LogP contribution < -0.4 is 10.5 Å². The van der Waals surface area contributed by atoms with Gasteiger partial charge in [-0.3, -0.25) is 14.3 Å². The molecule has 2 aliphatic heterocycles. The smallest absolute Gasteiger partial charge is 0.259 e. The van der Waals surface area contributed by atoms with Gasteiger partial charge in [0.05, 0.1) is 34.4 Å². The summed E-state index contributed by atoms with van der Waals surface area (Å²) in [5.41, 5.74) is 3.17.